The third kappa shape index (κ3) is 6.54. The first kappa shape index (κ1) is 25.2. The predicted molar refractivity (Wildman–Crippen MR) is 140 cm³/mol. The molecule has 8 heteroatoms. The number of hydrogen-bond donors (Lipinski definition) is 2. The summed E-state index contributed by atoms with van der Waals surface area (Å²) in [6.45, 7) is 2.80. The Kier molecular flexibility index (Phi) is 9.25. The summed E-state index contributed by atoms with van der Waals surface area (Å²) in [4.78, 5) is 4.37. The molecular formula is C25H31FIN5O. The monoisotopic (exact) mass is 563 g/mol. The van der Waals surface area contributed by atoms with Gasteiger partial charge in [-0.15, -0.1) is 24.0 Å². The highest BCUT2D eigenvalue weighted by molar-refractivity contribution is 14.0. The van der Waals surface area contributed by atoms with Crippen LogP contribution in [-0.2, 0) is 16.6 Å². The highest BCUT2D eigenvalue weighted by Gasteiger charge is 2.34. The maximum atomic E-state index is 13.9. The quantitative estimate of drug-likeness (QED) is 0.259. The Morgan fingerprint density at radius 3 is 2.58 bits per heavy atom. The van der Waals surface area contributed by atoms with E-state index in [1.54, 1.807) is 25.4 Å². The molecule has 176 valence electrons. The number of guanidine groups is 1. The molecule has 1 aliphatic heterocycles. The van der Waals surface area contributed by atoms with Gasteiger partial charge in [-0.1, -0.05) is 24.3 Å². The van der Waals surface area contributed by atoms with Gasteiger partial charge in [-0.05, 0) is 60.7 Å². The molecule has 0 aliphatic carbocycles. The van der Waals surface area contributed by atoms with Crippen molar-refractivity contribution in [3.8, 4) is 5.69 Å². The minimum absolute atomic E-state index is 0. The van der Waals surface area contributed by atoms with Gasteiger partial charge in [0, 0.05) is 51.2 Å². The fourth-order valence-corrected chi connectivity index (χ4v) is 4.18. The van der Waals surface area contributed by atoms with Gasteiger partial charge in [0.25, 0.3) is 0 Å². The van der Waals surface area contributed by atoms with Crippen molar-refractivity contribution >= 4 is 29.9 Å². The van der Waals surface area contributed by atoms with Crippen LogP contribution >= 0.6 is 24.0 Å². The van der Waals surface area contributed by atoms with E-state index in [9.17, 15) is 4.39 Å². The number of hydrogen-bond acceptors (Lipinski definition) is 3. The van der Waals surface area contributed by atoms with Crippen LogP contribution in [0.1, 0.15) is 24.0 Å². The maximum absolute atomic E-state index is 13.9. The lowest BCUT2D eigenvalue weighted by atomic mass is 9.74. The summed E-state index contributed by atoms with van der Waals surface area (Å²) in [5.74, 6) is 0.551. The number of ether oxygens (including phenoxy) is 1. The Bertz CT molecular complexity index is 1020. The van der Waals surface area contributed by atoms with Crippen molar-refractivity contribution in [2.75, 3.05) is 33.4 Å². The smallest absolute Gasteiger partial charge is 0.191 e. The van der Waals surface area contributed by atoms with Crippen molar-refractivity contribution in [1.82, 2.24) is 20.4 Å². The van der Waals surface area contributed by atoms with E-state index in [0.717, 1.165) is 43.0 Å². The molecule has 1 aromatic heterocycles. The number of benzene rings is 2. The van der Waals surface area contributed by atoms with Crippen LogP contribution < -0.4 is 10.6 Å². The maximum Gasteiger partial charge on any atom is 0.191 e. The van der Waals surface area contributed by atoms with Gasteiger partial charge in [-0.2, -0.15) is 5.10 Å². The van der Waals surface area contributed by atoms with E-state index in [0.29, 0.717) is 19.8 Å². The summed E-state index contributed by atoms with van der Waals surface area (Å²) in [6.07, 6.45) is 6.28. The summed E-state index contributed by atoms with van der Waals surface area (Å²) in [6, 6.07) is 17.2. The van der Waals surface area contributed by atoms with Crippen LogP contribution in [0.15, 0.2) is 72.0 Å². The fourth-order valence-electron chi connectivity index (χ4n) is 4.18. The molecule has 0 spiro atoms. The number of nitrogens with one attached hydrogen (secondary N) is 2. The first-order valence-corrected chi connectivity index (χ1v) is 11.1. The lowest BCUT2D eigenvalue weighted by molar-refractivity contribution is 0.0513. The molecule has 1 aliphatic rings. The predicted octanol–water partition coefficient (Wildman–Crippen LogP) is 4.09. The fraction of sp³-hybridized carbons (Fsp3) is 0.360. The molecule has 2 N–H and O–H groups in total. The summed E-state index contributed by atoms with van der Waals surface area (Å²) in [5, 5.41) is 11.1. The molecular weight excluding hydrogens is 532 g/mol. The van der Waals surface area contributed by atoms with Crippen molar-refractivity contribution in [1.29, 1.82) is 0 Å². The second-order valence-corrected chi connectivity index (χ2v) is 8.12. The Hall–Kier alpha value is -2.46. The first-order valence-electron chi connectivity index (χ1n) is 11.1. The van der Waals surface area contributed by atoms with Gasteiger partial charge in [0.15, 0.2) is 5.96 Å². The minimum atomic E-state index is -0.200. The molecule has 0 amide bonds. The molecule has 0 saturated carbocycles. The van der Waals surface area contributed by atoms with Gasteiger partial charge in [0.2, 0.25) is 0 Å². The molecule has 1 saturated heterocycles. The third-order valence-electron chi connectivity index (χ3n) is 6.12. The zero-order chi connectivity index (χ0) is 22.2. The lowest BCUT2D eigenvalue weighted by Gasteiger charge is -2.38. The standard InChI is InChI=1S/C25H30FN5O.HI/c1-27-24(28-14-10-20-6-8-23(9-7-20)31-15-3-13-30-31)29-19-25(11-16-32-17-12-25)21-4-2-5-22(26)18-21;/h2-9,13,15,18H,10-12,14,16-17,19H2,1H3,(H2,27,28,29);1H. The Balaban J connectivity index is 0.00000306. The SMILES string of the molecule is CN=C(NCCc1ccc(-n2cccn2)cc1)NCC1(c2cccc(F)c2)CCOCC1.I. The molecule has 0 unspecified atom stereocenters. The molecule has 4 rings (SSSR count). The van der Waals surface area contributed by atoms with Gasteiger partial charge in [-0.3, -0.25) is 4.99 Å². The number of halogens is 2. The van der Waals surface area contributed by atoms with Crippen molar-refractivity contribution in [2.45, 2.75) is 24.7 Å². The minimum Gasteiger partial charge on any atom is -0.381 e. The molecule has 3 aromatic rings. The summed E-state index contributed by atoms with van der Waals surface area (Å²) >= 11 is 0. The van der Waals surface area contributed by atoms with E-state index in [2.05, 4.69) is 45.0 Å². The topological polar surface area (TPSA) is 63.5 Å². The van der Waals surface area contributed by atoms with Gasteiger partial charge < -0.3 is 15.4 Å². The van der Waals surface area contributed by atoms with Crippen LogP contribution in [0.4, 0.5) is 4.39 Å². The molecule has 1 fully saturated rings. The number of rotatable bonds is 7. The molecule has 0 bridgehead atoms. The Morgan fingerprint density at radius 1 is 1.12 bits per heavy atom. The van der Waals surface area contributed by atoms with Gasteiger partial charge in [-0.25, -0.2) is 9.07 Å². The van der Waals surface area contributed by atoms with E-state index < -0.39 is 0 Å². The first-order chi connectivity index (χ1) is 15.7. The molecule has 0 radical (unpaired) electrons. The van der Waals surface area contributed by atoms with Crippen LogP contribution in [0, 0.1) is 5.82 Å². The van der Waals surface area contributed by atoms with Crippen molar-refractivity contribution in [3.05, 3.63) is 83.9 Å². The summed E-state index contributed by atoms with van der Waals surface area (Å²) in [5.41, 5.74) is 3.13. The van der Waals surface area contributed by atoms with Gasteiger partial charge >= 0.3 is 0 Å². The average molecular weight is 563 g/mol. The van der Waals surface area contributed by atoms with E-state index in [1.165, 1.54) is 11.6 Å². The van der Waals surface area contributed by atoms with Gasteiger partial charge in [0.05, 0.1) is 5.69 Å². The number of aliphatic imine (C=N–C) groups is 1. The third-order valence-corrected chi connectivity index (χ3v) is 6.12. The number of nitrogens with zero attached hydrogens (tertiary/aromatic N) is 3. The van der Waals surface area contributed by atoms with Crippen LogP contribution in [0.2, 0.25) is 0 Å². The Morgan fingerprint density at radius 2 is 1.91 bits per heavy atom. The highest BCUT2D eigenvalue weighted by Crippen LogP contribution is 2.34. The molecule has 2 heterocycles. The summed E-state index contributed by atoms with van der Waals surface area (Å²) in [7, 11) is 1.77. The van der Waals surface area contributed by atoms with E-state index in [-0.39, 0.29) is 35.2 Å². The lowest BCUT2D eigenvalue weighted by Crippen LogP contribution is -2.48. The summed E-state index contributed by atoms with van der Waals surface area (Å²) < 4.78 is 21.3. The molecule has 33 heavy (non-hydrogen) atoms. The van der Waals surface area contributed by atoms with E-state index in [1.807, 2.05) is 23.0 Å². The molecule has 2 aromatic carbocycles. The normalized spacial score (nSPS) is 15.5. The molecule has 6 nitrogen and oxygen atoms in total. The van der Waals surface area contributed by atoms with Crippen molar-refractivity contribution < 1.29 is 9.13 Å². The zero-order valence-corrected chi connectivity index (χ0v) is 21.2. The largest absolute Gasteiger partial charge is 0.381 e. The number of aromatic nitrogens is 2. The van der Waals surface area contributed by atoms with Gasteiger partial charge in [0.1, 0.15) is 5.82 Å². The zero-order valence-electron chi connectivity index (χ0n) is 18.8. The highest BCUT2D eigenvalue weighted by atomic mass is 127. The Labute approximate surface area is 211 Å². The second kappa shape index (κ2) is 12.1. The van der Waals surface area contributed by atoms with E-state index >= 15 is 0 Å². The van der Waals surface area contributed by atoms with Crippen molar-refractivity contribution in [2.24, 2.45) is 4.99 Å². The average Bonchev–Trinajstić information content (AvgIpc) is 3.37. The molecule has 0 atom stereocenters. The van der Waals surface area contributed by atoms with Crippen LogP contribution in [0.3, 0.4) is 0 Å². The van der Waals surface area contributed by atoms with Crippen molar-refractivity contribution in [3.63, 3.8) is 0 Å². The second-order valence-electron chi connectivity index (χ2n) is 8.12. The van der Waals surface area contributed by atoms with Crippen LogP contribution in [0.25, 0.3) is 5.69 Å². The van der Waals surface area contributed by atoms with E-state index in [4.69, 9.17) is 4.74 Å². The van der Waals surface area contributed by atoms with Crippen LogP contribution in [-0.4, -0.2) is 49.1 Å². The van der Waals surface area contributed by atoms with Crippen LogP contribution in [0.5, 0.6) is 0 Å².